The normalized spacial score (nSPS) is 11.6. The zero-order valence-corrected chi connectivity index (χ0v) is 20.6. The van der Waals surface area contributed by atoms with E-state index in [1.54, 1.807) is 24.3 Å². The maximum atomic E-state index is 12.5. The number of non-ortho nitro benzene ring substituents is 1. The van der Waals surface area contributed by atoms with Crippen molar-refractivity contribution in [2.45, 2.75) is 30.8 Å². The van der Waals surface area contributed by atoms with Gasteiger partial charge in [-0.15, -0.1) is 10.2 Å². The van der Waals surface area contributed by atoms with Gasteiger partial charge in [0.05, 0.1) is 11.0 Å². The minimum absolute atomic E-state index is 0.0121. The second kappa shape index (κ2) is 11.5. The Kier molecular flexibility index (Phi) is 7.96. The van der Waals surface area contributed by atoms with E-state index in [0.29, 0.717) is 28.2 Å². The van der Waals surface area contributed by atoms with E-state index in [1.807, 2.05) is 41.8 Å². The van der Waals surface area contributed by atoms with Crippen molar-refractivity contribution in [3.8, 4) is 11.4 Å². The largest absolute Gasteiger partial charge is 0.484 e. The Hall–Kier alpha value is -4.18. The van der Waals surface area contributed by atoms with Crippen LogP contribution in [0, 0.1) is 17.0 Å². The van der Waals surface area contributed by atoms with Crippen LogP contribution in [-0.4, -0.2) is 32.2 Å². The second-order valence-electron chi connectivity index (χ2n) is 8.06. The molecule has 3 aromatic carbocycles. The molecular weight excluding hydrogens is 478 g/mol. The number of amides is 1. The predicted molar refractivity (Wildman–Crippen MR) is 137 cm³/mol. The van der Waals surface area contributed by atoms with Crippen molar-refractivity contribution in [3.63, 3.8) is 0 Å². The molecule has 0 saturated carbocycles. The number of carbonyl (C=O) groups is 1. The molecule has 0 spiro atoms. The summed E-state index contributed by atoms with van der Waals surface area (Å²) in [5.41, 5.74) is 2.99. The fourth-order valence-corrected chi connectivity index (χ4v) is 4.58. The average Bonchev–Trinajstić information content (AvgIpc) is 3.32. The number of hydrogen-bond donors (Lipinski definition) is 1. The second-order valence-corrected chi connectivity index (χ2v) is 9.00. The van der Waals surface area contributed by atoms with Crippen molar-refractivity contribution < 1.29 is 14.5 Å². The lowest BCUT2D eigenvalue weighted by Crippen LogP contribution is -2.32. The molecule has 0 aliphatic heterocycles. The van der Waals surface area contributed by atoms with Crippen LogP contribution in [0.1, 0.15) is 29.9 Å². The van der Waals surface area contributed by atoms with E-state index < -0.39 is 11.0 Å². The molecule has 9 nitrogen and oxygen atoms in total. The molecule has 4 rings (SSSR count). The Morgan fingerprint density at radius 1 is 1.06 bits per heavy atom. The van der Waals surface area contributed by atoms with E-state index in [4.69, 9.17) is 4.74 Å². The fraction of sp³-hybridized carbons (Fsp3) is 0.192. The molecule has 0 saturated heterocycles. The Bertz CT molecular complexity index is 1340. The number of aromatic nitrogens is 3. The molecule has 0 aliphatic carbocycles. The van der Waals surface area contributed by atoms with E-state index in [9.17, 15) is 14.9 Å². The predicted octanol–water partition coefficient (Wildman–Crippen LogP) is 5.03. The number of nitro benzene ring substituents is 1. The van der Waals surface area contributed by atoms with Crippen LogP contribution in [0.3, 0.4) is 0 Å². The van der Waals surface area contributed by atoms with Crippen molar-refractivity contribution in [1.82, 2.24) is 20.1 Å². The molecule has 184 valence electrons. The minimum Gasteiger partial charge on any atom is -0.484 e. The highest BCUT2D eigenvalue weighted by Crippen LogP contribution is 2.29. The Morgan fingerprint density at radius 2 is 1.75 bits per heavy atom. The molecule has 1 atom stereocenters. The molecule has 10 heteroatoms. The summed E-state index contributed by atoms with van der Waals surface area (Å²) in [7, 11) is 0. The maximum absolute atomic E-state index is 12.5. The third-order valence-corrected chi connectivity index (χ3v) is 6.45. The van der Waals surface area contributed by atoms with Crippen molar-refractivity contribution in [3.05, 3.63) is 106 Å². The number of aryl methyl sites for hydroxylation is 1. The SMILES string of the molecule is Cc1ccccc1CSc1nnc(C(C)NC(=O)COc2ccccc2)n1-c1ccc([N+](=O)[O-])cc1. The number of nitrogens with one attached hydrogen (secondary N) is 1. The van der Waals surface area contributed by atoms with Gasteiger partial charge >= 0.3 is 0 Å². The van der Waals surface area contributed by atoms with Crippen LogP contribution in [0.4, 0.5) is 5.69 Å². The van der Waals surface area contributed by atoms with Gasteiger partial charge in [0.25, 0.3) is 11.6 Å². The quantitative estimate of drug-likeness (QED) is 0.183. The van der Waals surface area contributed by atoms with Gasteiger partial charge in [0.2, 0.25) is 0 Å². The fourth-order valence-electron chi connectivity index (χ4n) is 3.55. The lowest BCUT2D eigenvalue weighted by Gasteiger charge is -2.16. The van der Waals surface area contributed by atoms with Crippen molar-refractivity contribution >= 4 is 23.4 Å². The molecule has 1 aromatic heterocycles. The summed E-state index contributed by atoms with van der Waals surface area (Å²) >= 11 is 1.50. The topological polar surface area (TPSA) is 112 Å². The van der Waals surface area contributed by atoms with Gasteiger partial charge in [0.1, 0.15) is 5.75 Å². The molecule has 1 amide bonds. The molecule has 0 bridgehead atoms. The maximum Gasteiger partial charge on any atom is 0.269 e. The van der Waals surface area contributed by atoms with E-state index in [1.165, 1.54) is 35.0 Å². The molecule has 0 aliphatic rings. The standard InChI is InChI=1S/C26H25N5O4S/c1-18-8-6-7-9-20(18)17-36-26-29-28-25(30(26)21-12-14-22(15-13-21)31(33)34)19(2)27-24(32)16-35-23-10-4-3-5-11-23/h3-15,19H,16-17H2,1-2H3,(H,27,32). The van der Waals surface area contributed by atoms with Gasteiger partial charge in [-0.1, -0.05) is 54.2 Å². The summed E-state index contributed by atoms with van der Waals surface area (Å²) in [6, 6.07) is 22.9. The van der Waals surface area contributed by atoms with E-state index in [-0.39, 0.29) is 18.2 Å². The van der Waals surface area contributed by atoms with E-state index in [2.05, 4.69) is 34.6 Å². The first kappa shape index (κ1) is 24.9. The molecule has 1 unspecified atom stereocenters. The number of nitro groups is 1. The van der Waals surface area contributed by atoms with Gasteiger partial charge in [-0.3, -0.25) is 19.5 Å². The Balaban J connectivity index is 1.56. The average molecular weight is 504 g/mol. The van der Waals surface area contributed by atoms with Crippen LogP contribution in [0.5, 0.6) is 5.75 Å². The summed E-state index contributed by atoms with van der Waals surface area (Å²) in [5.74, 6) is 1.47. The van der Waals surface area contributed by atoms with Gasteiger partial charge in [-0.2, -0.15) is 0 Å². The highest BCUT2D eigenvalue weighted by Gasteiger charge is 2.22. The van der Waals surface area contributed by atoms with Crippen LogP contribution < -0.4 is 10.1 Å². The molecule has 4 aromatic rings. The number of hydrogen-bond acceptors (Lipinski definition) is 7. The van der Waals surface area contributed by atoms with Gasteiger partial charge in [-0.05, 0) is 49.2 Å². The molecule has 1 N–H and O–H groups in total. The van der Waals surface area contributed by atoms with Crippen LogP contribution in [0.15, 0.2) is 84.0 Å². The summed E-state index contributed by atoms with van der Waals surface area (Å²) in [6.07, 6.45) is 0. The molecule has 1 heterocycles. The Labute approximate surface area is 212 Å². The number of carbonyl (C=O) groups excluding carboxylic acids is 1. The van der Waals surface area contributed by atoms with Gasteiger partial charge in [-0.25, -0.2) is 0 Å². The lowest BCUT2D eigenvalue weighted by molar-refractivity contribution is -0.384. The zero-order valence-electron chi connectivity index (χ0n) is 19.8. The number of ether oxygens (including phenoxy) is 1. The van der Waals surface area contributed by atoms with Crippen LogP contribution in [-0.2, 0) is 10.5 Å². The first-order valence-corrected chi connectivity index (χ1v) is 12.3. The highest BCUT2D eigenvalue weighted by molar-refractivity contribution is 7.98. The van der Waals surface area contributed by atoms with E-state index >= 15 is 0 Å². The molecule has 0 radical (unpaired) electrons. The first-order chi connectivity index (χ1) is 17.4. The Morgan fingerprint density at radius 3 is 2.44 bits per heavy atom. The summed E-state index contributed by atoms with van der Waals surface area (Å²) in [6.45, 7) is 3.72. The number of rotatable bonds is 10. The highest BCUT2D eigenvalue weighted by atomic mass is 32.2. The monoisotopic (exact) mass is 503 g/mol. The van der Waals surface area contributed by atoms with Gasteiger partial charge in [0.15, 0.2) is 17.6 Å². The molecule has 0 fully saturated rings. The van der Waals surface area contributed by atoms with Crippen LogP contribution >= 0.6 is 11.8 Å². The zero-order chi connectivity index (χ0) is 25.5. The van der Waals surface area contributed by atoms with Crippen molar-refractivity contribution in [2.24, 2.45) is 0 Å². The molecule has 36 heavy (non-hydrogen) atoms. The molecular formula is C26H25N5O4S. The number of nitrogens with zero attached hydrogens (tertiary/aromatic N) is 4. The number of para-hydroxylation sites is 1. The van der Waals surface area contributed by atoms with Crippen LogP contribution in [0.2, 0.25) is 0 Å². The number of thioether (sulfide) groups is 1. The van der Waals surface area contributed by atoms with Gasteiger partial charge in [0, 0.05) is 23.6 Å². The third-order valence-electron chi connectivity index (χ3n) is 5.47. The summed E-state index contributed by atoms with van der Waals surface area (Å²) in [5, 5.41) is 23.4. The van der Waals surface area contributed by atoms with Crippen molar-refractivity contribution in [2.75, 3.05) is 6.61 Å². The summed E-state index contributed by atoms with van der Waals surface area (Å²) < 4.78 is 7.35. The van der Waals surface area contributed by atoms with E-state index in [0.717, 1.165) is 0 Å². The number of benzene rings is 3. The van der Waals surface area contributed by atoms with Crippen LogP contribution in [0.25, 0.3) is 5.69 Å². The smallest absolute Gasteiger partial charge is 0.269 e. The third kappa shape index (κ3) is 6.08. The lowest BCUT2D eigenvalue weighted by atomic mass is 10.1. The van der Waals surface area contributed by atoms with Gasteiger partial charge < -0.3 is 10.1 Å². The van der Waals surface area contributed by atoms with Crippen molar-refractivity contribution in [1.29, 1.82) is 0 Å². The summed E-state index contributed by atoms with van der Waals surface area (Å²) in [4.78, 5) is 23.2. The minimum atomic E-state index is -0.493. The first-order valence-electron chi connectivity index (χ1n) is 11.3.